The molecule has 4 heterocycles. The Morgan fingerprint density at radius 1 is 1.03 bits per heavy atom. The smallest absolute Gasteiger partial charge is 0.223 e. The topological polar surface area (TPSA) is 92.2 Å². The van der Waals surface area contributed by atoms with Gasteiger partial charge in [0.1, 0.15) is 11.6 Å². The van der Waals surface area contributed by atoms with E-state index in [2.05, 4.69) is 57.1 Å². The monoisotopic (exact) mass is 540 g/mol. The molecule has 2 aromatic rings. The van der Waals surface area contributed by atoms with E-state index in [4.69, 9.17) is 0 Å². The van der Waals surface area contributed by atoms with Crippen molar-refractivity contribution in [3.8, 4) is 0 Å². The molecule has 3 aliphatic rings. The van der Waals surface area contributed by atoms with Crippen molar-refractivity contribution in [2.45, 2.75) is 122 Å². The molecule has 2 N–H and O–H groups in total. The number of carbonyl (C=O) groups excluding carboxylic acids is 2. The maximum atomic E-state index is 13.2. The maximum Gasteiger partial charge on any atom is 0.223 e. The molecule has 208 valence electrons. The van der Waals surface area contributed by atoms with Gasteiger partial charge in [-0.1, -0.05) is 33.1 Å². The lowest BCUT2D eigenvalue weighted by Crippen LogP contribution is -2.45. The highest BCUT2D eigenvalue weighted by atomic mass is 32.1. The van der Waals surface area contributed by atoms with E-state index >= 15 is 0 Å². The number of aromatic nitrogens is 3. The number of nitrogens with zero attached hydrogens (tertiary/aromatic N) is 4. The summed E-state index contributed by atoms with van der Waals surface area (Å²) in [6.07, 6.45) is 11.2. The summed E-state index contributed by atoms with van der Waals surface area (Å²) in [5, 5.41) is 16.1. The summed E-state index contributed by atoms with van der Waals surface area (Å²) < 4.78 is 2.41. The number of rotatable bonds is 9. The lowest BCUT2D eigenvalue weighted by Gasteiger charge is -2.40. The first-order valence-corrected chi connectivity index (χ1v) is 15.5. The average molecular weight is 541 g/mol. The van der Waals surface area contributed by atoms with Crippen LogP contribution in [0.15, 0.2) is 12.1 Å². The second kappa shape index (κ2) is 11.9. The molecule has 2 bridgehead atoms. The SMILES string of the molecule is CC(=O)Nc1ccc([C@H](CCN2[C@H]3CC[C@H]2CC(n2c(C)nnc2C(C)C)C3)NC(=O)C2CCCCC2)s1. The fraction of sp³-hybridized carbons (Fsp3) is 0.724. The first kappa shape index (κ1) is 27.3. The molecule has 5 rings (SSSR count). The van der Waals surface area contributed by atoms with Crippen LogP contribution in [0.1, 0.15) is 120 Å². The van der Waals surface area contributed by atoms with Crippen LogP contribution in [0, 0.1) is 12.8 Å². The molecule has 0 aromatic carbocycles. The van der Waals surface area contributed by atoms with Crippen molar-refractivity contribution < 1.29 is 9.59 Å². The molecule has 0 spiro atoms. The van der Waals surface area contributed by atoms with Crippen molar-refractivity contribution in [1.82, 2.24) is 25.0 Å². The summed E-state index contributed by atoms with van der Waals surface area (Å²) >= 11 is 1.58. The highest BCUT2D eigenvalue weighted by molar-refractivity contribution is 7.16. The molecular formula is C29H44N6O2S. The van der Waals surface area contributed by atoms with Crippen molar-refractivity contribution in [2.75, 3.05) is 11.9 Å². The summed E-state index contributed by atoms with van der Waals surface area (Å²) in [7, 11) is 0. The van der Waals surface area contributed by atoms with Crippen molar-refractivity contribution in [1.29, 1.82) is 0 Å². The van der Waals surface area contributed by atoms with E-state index in [0.29, 0.717) is 24.0 Å². The van der Waals surface area contributed by atoms with Crippen LogP contribution < -0.4 is 10.6 Å². The molecule has 1 saturated carbocycles. The number of amides is 2. The van der Waals surface area contributed by atoms with Gasteiger partial charge in [-0.25, -0.2) is 0 Å². The number of thiophene rings is 1. The Hall–Kier alpha value is -2.26. The van der Waals surface area contributed by atoms with Crippen LogP contribution >= 0.6 is 11.3 Å². The number of carbonyl (C=O) groups is 2. The van der Waals surface area contributed by atoms with Gasteiger partial charge in [0.15, 0.2) is 0 Å². The number of anilines is 1. The van der Waals surface area contributed by atoms with Crippen LogP contribution in [0.4, 0.5) is 5.00 Å². The van der Waals surface area contributed by atoms with Gasteiger partial charge in [-0.05, 0) is 64.0 Å². The standard InChI is InChI=1S/C29H44N6O2S/c1-18(2)28-33-32-19(3)35(28)24-16-22-10-11-23(17-24)34(22)15-14-25(26-12-13-27(38-26)30-20(4)36)31-29(37)21-8-6-5-7-9-21/h12-13,18,21-25H,5-11,14-17H2,1-4H3,(H,30,36)(H,31,37)/t22-,23-,25-/m0/s1. The molecule has 3 fully saturated rings. The van der Waals surface area contributed by atoms with E-state index in [-0.39, 0.29) is 23.8 Å². The van der Waals surface area contributed by atoms with Crippen molar-refractivity contribution in [3.05, 3.63) is 28.7 Å². The molecule has 2 amide bonds. The highest BCUT2D eigenvalue weighted by Crippen LogP contribution is 2.43. The lowest BCUT2D eigenvalue weighted by molar-refractivity contribution is -0.126. The van der Waals surface area contributed by atoms with E-state index < -0.39 is 0 Å². The molecule has 2 saturated heterocycles. The second-order valence-corrected chi connectivity index (χ2v) is 13.1. The molecule has 0 unspecified atom stereocenters. The summed E-state index contributed by atoms with van der Waals surface area (Å²) in [5.41, 5.74) is 0. The predicted molar refractivity (Wildman–Crippen MR) is 151 cm³/mol. The van der Waals surface area contributed by atoms with Gasteiger partial charge in [0.2, 0.25) is 11.8 Å². The first-order chi connectivity index (χ1) is 18.3. The van der Waals surface area contributed by atoms with Gasteiger partial charge in [0, 0.05) is 48.3 Å². The molecule has 2 aliphatic heterocycles. The largest absolute Gasteiger partial charge is 0.348 e. The Labute approximate surface area is 231 Å². The van der Waals surface area contributed by atoms with E-state index in [9.17, 15) is 9.59 Å². The number of aryl methyl sites for hydroxylation is 1. The quantitative estimate of drug-likeness (QED) is 0.424. The average Bonchev–Trinajstić information content (AvgIpc) is 3.57. The van der Waals surface area contributed by atoms with Gasteiger partial charge in [0.05, 0.1) is 11.0 Å². The molecule has 38 heavy (non-hydrogen) atoms. The molecule has 8 nitrogen and oxygen atoms in total. The Kier molecular flexibility index (Phi) is 8.53. The Morgan fingerprint density at radius 2 is 1.74 bits per heavy atom. The fourth-order valence-corrected chi connectivity index (χ4v) is 8.09. The summed E-state index contributed by atoms with van der Waals surface area (Å²) in [5.74, 6) is 2.78. The van der Waals surface area contributed by atoms with E-state index in [1.54, 1.807) is 11.3 Å². The molecule has 0 radical (unpaired) electrons. The zero-order valence-corrected chi connectivity index (χ0v) is 24.2. The molecule has 1 aliphatic carbocycles. The minimum absolute atomic E-state index is 0.0262. The fourth-order valence-electron chi connectivity index (χ4n) is 7.05. The van der Waals surface area contributed by atoms with Crippen LogP contribution in [0.5, 0.6) is 0 Å². The number of hydrogen-bond donors (Lipinski definition) is 2. The van der Waals surface area contributed by atoms with Crippen LogP contribution in [0.3, 0.4) is 0 Å². The number of piperidine rings is 1. The van der Waals surface area contributed by atoms with Gasteiger partial charge in [0.25, 0.3) is 0 Å². The number of fused-ring (bicyclic) bond motifs is 2. The van der Waals surface area contributed by atoms with Crippen LogP contribution in [0.2, 0.25) is 0 Å². The maximum absolute atomic E-state index is 13.2. The van der Waals surface area contributed by atoms with E-state index in [0.717, 1.165) is 73.0 Å². The van der Waals surface area contributed by atoms with Crippen molar-refractivity contribution >= 4 is 28.2 Å². The molecule has 2 aromatic heterocycles. The Morgan fingerprint density at radius 3 is 2.39 bits per heavy atom. The van der Waals surface area contributed by atoms with Crippen LogP contribution in [-0.4, -0.2) is 50.1 Å². The zero-order valence-electron chi connectivity index (χ0n) is 23.4. The lowest BCUT2D eigenvalue weighted by atomic mass is 9.88. The summed E-state index contributed by atoms with van der Waals surface area (Å²) in [4.78, 5) is 28.7. The Bertz CT molecular complexity index is 1110. The van der Waals surface area contributed by atoms with Gasteiger partial charge in [-0.2, -0.15) is 0 Å². The van der Waals surface area contributed by atoms with E-state index in [1.807, 2.05) is 6.07 Å². The van der Waals surface area contributed by atoms with Crippen molar-refractivity contribution in [3.63, 3.8) is 0 Å². The third kappa shape index (κ3) is 5.98. The third-order valence-corrected chi connectivity index (χ3v) is 9.99. The number of hydrogen-bond acceptors (Lipinski definition) is 6. The predicted octanol–water partition coefficient (Wildman–Crippen LogP) is 5.73. The van der Waals surface area contributed by atoms with E-state index in [1.165, 1.54) is 26.2 Å². The molecular weight excluding hydrogens is 496 g/mol. The first-order valence-electron chi connectivity index (χ1n) is 14.6. The minimum atomic E-state index is -0.0652. The summed E-state index contributed by atoms with van der Waals surface area (Å²) in [6, 6.07) is 5.61. The van der Waals surface area contributed by atoms with Gasteiger partial charge in [-0.15, -0.1) is 21.5 Å². The van der Waals surface area contributed by atoms with Crippen LogP contribution in [0.25, 0.3) is 0 Å². The minimum Gasteiger partial charge on any atom is -0.348 e. The third-order valence-electron chi connectivity index (χ3n) is 8.87. The molecule has 9 heteroatoms. The van der Waals surface area contributed by atoms with Gasteiger partial charge >= 0.3 is 0 Å². The number of nitrogens with one attached hydrogen (secondary N) is 2. The molecule has 3 atom stereocenters. The summed E-state index contributed by atoms with van der Waals surface area (Å²) in [6.45, 7) is 9.00. The van der Waals surface area contributed by atoms with Gasteiger partial charge in [-0.3, -0.25) is 14.5 Å². The normalized spacial score (nSPS) is 25.0. The van der Waals surface area contributed by atoms with Crippen molar-refractivity contribution in [2.24, 2.45) is 5.92 Å². The zero-order chi connectivity index (χ0) is 26.8. The van der Waals surface area contributed by atoms with Gasteiger partial charge < -0.3 is 15.2 Å². The highest BCUT2D eigenvalue weighted by Gasteiger charge is 2.42. The Balaban J connectivity index is 1.27. The van der Waals surface area contributed by atoms with Crippen LogP contribution in [-0.2, 0) is 9.59 Å². The second-order valence-electron chi connectivity index (χ2n) is 11.9.